The number of aliphatic carboxylic acids is 1. The van der Waals surface area contributed by atoms with Gasteiger partial charge in [-0.25, -0.2) is 4.79 Å². The molecule has 5 rings (SSSR count). The average Bonchev–Trinajstić information content (AvgIpc) is 3.39. The number of carbonyl (C=O) groups excluding carboxylic acids is 2. The van der Waals surface area contributed by atoms with E-state index in [1.165, 1.54) is 22.3 Å². The molecule has 35 heavy (non-hydrogen) atoms. The summed E-state index contributed by atoms with van der Waals surface area (Å²) in [7, 11) is 0. The van der Waals surface area contributed by atoms with Gasteiger partial charge >= 0.3 is 12.1 Å². The molecule has 3 N–H and O–H groups in total. The van der Waals surface area contributed by atoms with Crippen LogP contribution in [-0.4, -0.2) is 42.8 Å². The standard InChI is InChI=1S/C28H32N2O5/c31-26(32)12-17-9-10-18(11-17)14-29-27(33)24-13-19(24)15-30-28(34)35-16-25-22-7-3-1-5-20(22)21-6-2-4-8-23(21)25/h1-8,17-19,24-25H,9-16H2,(H,29,33)(H,30,34)(H,31,32). The van der Waals surface area contributed by atoms with E-state index in [1.807, 2.05) is 24.3 Å². The normalized spacial score (nSPS) is 24.3. The van der Waals surface area contributed by atoms with Crippen LogP contribution in [0.25, 0.3) is 11.1 Å². The Morgan fingerprint density at radius 2 is 1.51 bits per heavy atom. The zero-order valence-corrected chi connectivity index (χ0v) is 19.7. The molecule has 0 aliphatic heterocycles. The van der Waals surface area contributed by atoms with Gasteiger partial charge in [-0.05, 0) is 65.7 Å². The Kier molecular flexibility index (Phi) is 6.75. The van der Waals surface area contributed by atoms with Gasteiger partial charge in [0, 0.05) is 31.3 Å². The summed E-state index contributed by atoms with van der Waals surface area (Å²) in [5.74, 6) is -0.0310. The van der Waals surface area contributed by atoms with E-state index in [0.29, 0.717) is 19.0 Å². The number of nitrogens with one attached hydrogen (secondary N) is 2. The van der Waals surface area contributed by atoms with E-state index >= 15 is 0 Å². The van der Waals surface area contributed by atoms with E-state index in [1.54, 1.807) is 0 Å². The molecule has 3 aliphatic carbocycles. The number of amides is 2. The fourth-order valence-electron chi connectivity index (χ4n) is 5.83. The topological polar surface area (TPSA) is 105 Å². The Morgan fingerprint density at radius 1 is 0.857 bits per heavy atom. The summed E-state index contributed by atoms with van der Waals surface area (Å²) in [5.41, 5.74) is 4.74. The van der Waals surface area contributed by atoms with Crippen LogP contribution >= 0.6 is 0 Å². The van der Waals surface area contributed by atoms with Gasteiger partial charge in [0.2, 0.25) is 5.91 Å². The first-order chi connectivity index (χ1) is 17.0. The highest BCUT2D eigenvalue weighted by Crippen LogP contribution is 2.44. The third kappa shape index (κ3) is 5.34. The van der Waals surface area contributed by atoms with Gasteiger partial charge in [-0.1, -0.05) is 48.5 Å². The van der Waals surface area contributed by atoms with Crippen molar-refractivity contribution in [3.63, 3.8) is 0 Å². The Hall–Kier alpha value is -3.35. The van der Waals surface area contributed by atoms with Gasteiger partial charge in [-0.15, -0.1) is 0 Å². The van der Waals surface area contributed by atoms with Crippen molar-refractivity contribution in [2.75, 3.05) is 19.7 Å². The Bertz CT molecular complexity index is 1070. The largest absolute Gasteiger partial charge is 0.481 e. The number of carboxylic acids is 1. The first kappa shape index (κ1) is 23.4. The lowest BCUT2D eigenvalue weighted by Crippen LogP contribution is -2.32. The second-order valence-corrected chi connectivity index (χ2v) is 10.2. The minimum absolute atomic E-state index is 0.0262. The van der Waals surface area contributed by atoms with Crippen molar-refractivity contribution >= 4 is 18.0 Å². The number of carboxylic acid groups (broad SMARTS) is 1. The molecule has 2 saturated carbocycles. The summed E-state index contributed by atoms with van der Waals surface area (Å²) in [6.07, 6.45) is 3.29. The number of hydrogen-bond donors (Lipinski definition) is 3. The SMILES string of the molecule is O=C(O)CC1CCC(CNC(=O)C2CC2CNC(=O)OCC2c3ccccc3-c3ccccc32)C1. The summed E-state index contributed by atoms with van der Waals surface area (Å²) in [5, 5.41) is 14.8. The van der Waals surface area contributed by atoms with Gasteiger partial charge in [-0.2, -0.15) is 0 Å². The van der Waals surface area contributed by atoms with Crippen molar-refractivity contribution in [1.29, 1.82) is 0 Å². The molecule has 0 spiro atoms. The number of carbonyl (C=O) groups is 3. The summed E-state index contributed by atoms with van der Waals surface area (Å²) in [6, 6.07) is 16.5. The molecule has 4 atom stereocenters. The van der Waals surface area contributed by atoms with Gasteiger partial charge < -0.3 is 20.5 Å². The van der Waals surface area contributed by atoms with Crippen molar-refractivity contribution in [2.24, 2.45) is 23.7 Å². The maximum absolute atomic E-state index is 12.5. The predicted molar refractivity (Wildman–Crippen MR) is 131 cm³/mol. The van der Waals surface area contributed by atoms with Crippen LogP contribution in [0.3, 0.4) is 0 Å². The molecule has 3 aliphatic rings. The highest BCUT2D eigenvalue weighted by Gasteiger charge is 2.43. The first-order valence-corrected chi connectivity index (χ1v) is 12.6. The Balaban J connectivity index is 1.02. The number of alkyl carbamates (subject to hydrolysis) is 1. The average molecular weight is 477 g/mol. The lowest BCUT2D eigenvalue weighted by atomic mass is 9.98. The molecule has 0 bridgehead atoms. The van der Waals surface area contributed by atoms with Gasteiger partial charge in [0.15, 0.2) is 0 Å². The van der Waals surface area contributed by atoms with Crippen LogP contribution in [-0.2, 0) is 14.3 Å². The van der Waals surface area contributed by atoms with Gasteiger partial charge in [0.05, 0.1) is 0 Å². The second kappa shape index (κ2) is 10.1. The molecule has 0 heterocycles. The lowest BCUT2D eigenvalue weighted by Gasteiger charge is -2.14. The first-order valence-electron chi connectivity index (χ1n) is 12.6. The van der Waals surface area contributed by atoms with E-state index in [-0.39, 0.29) is 42.6 Å². The molecule has 2 amide bonds. The van der Waals surface area contributed by atoms with Gasteiger partial charge in [0.1, 0.15) is 6.61 Å². The summed E-state index contributed by atoms with van der Waals surface area (Å²) < 4.78 is 5.57. The minimum Gasteiger partial charge on any atom is -0.481 e. The molecule has 7 nitrogen and oxygen atoms in total. The molecule has 2 fully saturated rings. The molecule has 0 radical (unpaired) electrons. The third-order valence-electron chi connectivity index (χ3n) is 7.79. The van der Waals surface area contributed by atoms with Crippen molar-refractivity contribution < 1.29 is 24.2 Å². The monoisotopic (exact) mass is 476 g/mol. The van der Waals surface area contributed by atoms with E-state index in [0.717, 1.165) is 25.7 Å². The van der Waals surface area contributed by atoms with Crippen LogP contribution in [0.4, 0.5) is 4.79 Å². The quantitative estimate of drug-likeness (QED) is 0.504. The number of fused-ring (bicyclic) bond motifs is 3. The number of benzene rings is 2. The molecule has 0 aromatic heterocycles. The third-order valence-corrected chi connectivity index (χ3v) is 7.79. The highest BCUT2D eigenvalue weighted by atomic mass is 16.5. The molecule has 0 saturated heterocycles. The summed E-state index contributed by atoms with van der Waals surface area (Å²) in [4.78, 5) is 35.7. The molecule has 4 unspecified atom stereocenters. The maximum atomic E-state index is 12.5. The Morgan fingerprint density at radius 3 is 2.20 bits per heavy atom. The molecular weight excluding hydrogens is 444 g/mol. The molecule has 184 valence electrons. The van der Waals surface area contributed by atoms with Crippen LogP contribution in [0, 0.1) is 23.7 Å². The Labute approximate surface area is 205 Å². The maximum Gasteiger partial charge on any atom is 0.407 e. The summed E-state index contributed by atoms with van der Waals surface area (Å²) in [6.45, 7) is 1.32. The van der Waals surface area contributed by atoms with Crippen LogP contribution in [0.15, 0.2) is 48.5 Å². The zero-order chi connectivity index (χ0) is 24.4. The lowest BCUT2D eigenvalue weighted by molar-refractivity contribution is -0.138. The van der Waals surface area contributed by atoms with Crippen LogP contribution in [0.1, 0.15) is 49.1 Å². The van der Waals surface area contributed by atoms with E-state index in [9.17, 15) is 14.4 Å². The van der Waals surface area contributed by atoms with E-state index in [4.69, 9.17) is 9.84 Å². The van der Waals surface area contributed by atoms with Crippen LogP contribution in [0.5, 0.6) is 0 Å². The number of rotatable bonds is 9. The number of hydrogen-bond acceptors (Lipinski definition) is 4. The summed E-state index contributed by atoms with van der Waals surface area (Å²) >= 11 is 0. The van der Waals surface area contributed by atoms with Crippen molar-refractivity contribution in [3.05, 3.63) is 59.7 Å². The van der Waals surface area contributed by atoms with Crippen molar-refractivity contribution in [1.82, 2.24) is 10.6 Å². The predicted octanol–water partition coefficient (Wildman–Crippen LogP) is 4.17. The van der Waals surface area contributed by atoms with Crippen LogP contribution in [0.2, 0.25) is 0 Å². The molecule has 2 aromatic carbocycles. The minimum atomic E-state index is -0.746. The van der Waals surface area contributed by atoms with Crippen molar-refractivity contribution in [3.8, 4) is 11.1 Å². The number of ether oxygens (including phenoxy) is 1. The van der Waals surface area contributed by atoms with Gasteiger partial charge in [-0.3, -0.25) is 9.59 Å². The van der Waals surface area contributed by atoms with E-state index in [2.05, 4.69) is 34.9 Å². The smallest absolute Gasteiger partial charge is 0.407 e. The molecule has 7 heteroatoms. The van der Waals surface area contributed by atoms with E-state index < -0.39 is 12.1 Å². The molecule has 2 aromatic rings. The van der Waals surface area contributed by atoms with Crippen molar-refractivity contribution in [2.45, 2.75) is 38.0 Å². The van der Waals surface area contributed by atoms with Gasteiger partial charge in [0.25, 0.3) is 0 Å². The fourth-order valence-corrected chi connectivity index (χ4v) is 5.83. The highest BCUT2D eigenvalue weighted by molar-refractivity contribution is 5.82. The van der Waals surface area contributed by atoms with Crippen LogP contribution < -0.4 is 10.6 Å². The zero-order valence-electron chi connectivity index (χ0n) is 19.7. The second-order valence-electron chi connectivity index (χ2n) is 10.2. The molecular formula is C28H32N2O5. The fraction of sp³-hybridized carbons (Fsp3) is 0.464.